The van der Waals surface area contributed by atoms with Gasteiger partial charge >= 0.3 is 0 Å². The smallest absolute Gasteiger partial charge is 0.229 e. The van der Waals surface area contributed by atoms with Gasteiger partial charge in [0.25, 0.3) is 6.43 Å². The number of hydrogen-bond donors (Lipinski definition) is 0. The van der Waals surface area contributed by atoms with Gasteiger partial charge < -0.3 is 0 Å². The van der Waals surface area contributed by atoms with Gasteiger partial charge in [-0.3, -0.25) is 0 Å². The predicted octanol–water partition coefficient (Wildman–Crippen LogP) is 4.33. The van der Waals surface area contributed by atoms with E-state index in [-0.39, 0.29) is 16.0 Å². The zero-order chi connectivity index (χ0) is 10.0. The summed E-state index contributed by atoms with van der Waals surface area (Å²) in [6.45, 7) is 0. The molecule has 0 saturated carbocycles. The Labute approximate surface area is 95.8 Å². The van der Waals surface area contributed by atoms with Gasteiger partial charge in [0.05, 0.1) is 0 Å². The molecule has 0 saturated heterocycles. The summed E-state index contributed by atoms with van der Waals surface area (Å²) in [7, 11) is 0. The van der Waals surface area contributed by atoms with Crippen LogP contribution in [0.3, 0.4) is 0 Å². The van der Waals surface area contributed by atoms with Crippen molar-refractivity contribution in [1.29, 1.82) is 0 Å². The molecular formula is C7H4Br2ClF2N. The fraction of sp³-hybridized carbons (Fsp3) is 0.286. The summed E-state index contributed by atoms with van der Waals surface area (Å²) in [4.78, 5) is 3.81. The number of hydrogen-bond acceptors (Lipinski definition) is 1. The van der Waals surface area contributed by atoms with Crippen LogP contribution in [-0.4, -0.2) is 4.98 Å². The molecule has 13 heavy (non-hydrogen) atoms. The van der Waals surface area contributed by atoms with Crippen molar-refractivity contribution in [3.8, 4) is 0 Å². The first-order valence-electron chi connectivity index (χ1n) is 3.25. The van der Waals surface area contributed by atoms with E-state index in [0.29, 0.717) is 10.2 Å². The van der Waals surface area contributed by atoms with Gasteiger partial charge in [0.1, 0.15) is 9.76 Å². The first kappa shape index (κ1) is 11.3. The van der Waals surface area contributed by atoms with Gasteiger partial charge in [-0.15, -0.1) is 0 Å². The molecule has 0 N–H and O–H groups in total. The number of aromatic nitrogens is 1. The standard InChI is InChI=1S/C7H4Br2ClF2N/c8-2-4-3(7(11)12)1-5(9)13-6(4)10/h1,7H,2H2. The van der Waals surface area contributed by atoms with Crippen LogP contribution in [0.2, 0.25) is 5.15 Å². The Morgan fingerprint density at radius 1 is 1.54 bits per heavy atom. The highest BCUT2D eigenvalue weighted by atomic mass is 79.9. The lowest BCUT2D eigenvalue weighted by molar-refractivity contribution is 0.150. The van der Waals surface area contributed by atoms with Crippen LogP contribution in [0.1, 0.15) is 17.6 Å². The second-order valence-electron chi connectivity index (χ2n) is 2.24. The normalized spacial score (nSPS) is 10.9. The number of nitrogens with zero attached hydrogens (tertiary/aromatic N) is 1. The van der Waals surface area contributed by atoms with Gasteiger partial charge in [-0.25, -0.2) is 13.8 Å². The van der Waals surface area contributed by atoms with Crippen molar-refractivity contribution < 1.29 is 8.78 Å². The van der Waals surface area contributed by atoms with E-state index in [9.17, 15) is 8.78 Å². The van der Waals surface area contributed by atoms with Crippen molar-refractivity contribution in [3.05, 3.63) is 26.9 Å². The summed E-state index contributed by atoms with van der Waals surface area (Å²) in [6.07, 6.45) is -2.54. The minimum absolute atomic E-state index is 0.0937. The fourth-order valence-corrected chi connectivity index (χ4v) is 2.40. The molecule has 0 aromatic carbocycles. The van der Waals surface area contributed by atoms with Crippen molar-refractivity contribution in [2.45, 2.75) is 11.8 Å². The molecule has 1 aromatic heterocycles. The lowest BCUT2D eigenvalue weighted by Crippen LogP contribution is -1.96. The predicted molar refractivity (Wildman–Crippen MR) is 54.5 cm³/mol. The molecule has 6 heteroatoms. The number of halogens is 5. The van der Waals surface area contributed by atoms with E-state index in [2.05, 4.69) is 36.8 Å². The third-order valence-electron chi connectivity index (χ3n) is 1.45. The Bertz CT molecular complexity index is 320. The lowest BCUT2D eigenvalue weighted by Gasteiger charge is -2.07. The van der Waals surface area contributed by atoms with Crippen molar-refractivity contribution in [3.63, 3.8) is 0 Å². The average molecular weight is 335 g/mol. The van der Waals surface area contributed by atoms with Crippen molar-refractivity contribution in [2.24, 2.45) is 0 Å². The highest BCUT2D eigenvalue weighted by Crippen LogP contribution is 2.31. The van der Waals surface area contributed by atoms with Gasteiger partial charge in [0.15, 0.2) is 0 Å². The lowest BCUT2D eigenvalue weighted by atomic mass is 10.2. The van der Waals surface area contributed by atoms with Crippen LogP contribution in [0.15, 0.2) is 10.7 Å². The molecule has 0 unspecified atom stereocenters. The molecule has 1 nitrogen and oxygen atoms in total. The maximum absolute atomic E-state index is 12.4. The molecule has 1 rings (SSSR count). The third-order valence-corrected chi connectivity index (χ3v) is 2.73. The Morgan fingerprint density at radius 3 is 2.62 bits per heavy atom. The summed E-state index contributed by atoms with van der Waals surface area (Å²) < 4.78 is 25.2. The first-order chi connectivity index (χ1) is 6.06. The minimum Gasteiger partial charge on any atom is -0.229 e. The van der Waals surface area contributed by atoms with Gasteiger partial charge in [0, 0.05) is 16.5 Å². The van der Waals surface area contributed by atoms with Gasteiger partial charge in [0.2, 0.25) is 0 Å². The molecule has 0 radical (unpaired) electrons. The van der Waals surface area contributed by atoms with Crippen LogP contribution < -0.4 is 0 Å². The summed E-state index contributed by atoms with van der Waals surface area (Å²) in [5.74, 6) is 0. The second-order valence-corrected chi connectivity index (χ2v) is 3.97. The van der Waals surface area contributed by atoms with Crippen LogP contribution >= 0.6 is 43.5 Å². The molecule has 72 valence electrons. The molecule has 0 aliphatic heterocycles. The van der Waals surface area contributed by atoms with Crippen LogP contribution in [0.4, 0.5) is 8.78 Å². The van der Waals surface area contributed by atoms with E-state index in [1.165, 1.54) is 6.07 Å². The van der Waals surface area contributed by atoms with Gasteiger partial charge in [-0.05, 0) is 22.0 Å². The third kappa shape index (κ3) is 2.60. The molecule has 1 aromatic rings. The Morgan fingerprint density at radius 2 is 2.15 bits per heavy atom. The maximum atomic E-state index is 12.4. The number of rotatable bonds is 2. The highest BCUT2D eigenvalue weighted by molar-refractivity contribution is 9.10. The molecule has 0 bridgehead atoms. The van der Waals surface area contributed by atoms with E-state index >= 15 is 0 Å². The zero-order valence-electron chi connectivity index (χ0n) is 6.20. The van der Waals surface area contributed by atoms with E-state index < -0.39 is 6.43 Å². The molecule has 0 aliphatic rings. The Kier molecular flexibility index (Phi) is 4.06. The SMILES string of the molecule is FC(F)c1cc(Br)nc(Cl)c1CBr. The topological polar surface area (TPSA) is 12.9 Å². The van der Waals surface area contributed by atoms with Crippen molar-refractivity contribution in [2.75, 3.05) is 0 Å². The molecule has 0 fully saturated rings. The molecule has 0 amide bonds. The van der Waals surface area contributed by atoms with E-state index in [4.69, 9.17) is 11.6 Å². The Balaban J connectivity index is 3.29. The maximum Gasteiger partial charge on any atom is 0.264 e. The van der Waals surface area contributed by atoms with Crippen LogP contribution in [0, 0.1) is 0 Å². The molecule has 0 atom stereocenters. The second kappa shape index (κ2) is 4.66. The van der Waals surface area contributed by atoms with Gasteiger partial charge in [-0.1, -0.05) is 27.5 Å². The quantitative estimate of drug-likeness (QED) is 0.579. The van der Waals surface area contributed by atoms with Crippen LogP contribution in [-0.2, 0) is 5.33 Å². The zero-order valence-corrected chi connectivity index (χ0v) is 10.1. The van der Waals surface area contributed by atoms with Crippen LogP contribution in [0.5, 0.6) is 0 Å². The number of pyridine rings is 1. The van der Waals surface area contributed by atoms with Crippen molar-refractivity contribution in [1.82, 2.24) is 4.98 Å². The summed E-state index contributed by atoms with van der Waals surface area (Å²) in [5.41, 5.74) is 0.239. The molecule has 0 aliphatic carbocycles. The van der Waals surface area contributed by atoms with Crippen molar-refractivity contribution >= 4 is 43.5 Å². The highest BCUT2D eigenvalue weighted by Gasteiger charge is 2.16. The minimum atomic E-state index is -2.54. The fourth-order valence-electron chi connectivity index (χ4n) is 0.855. The van der Waals surface area contributed by atoms with E-state index in [1.807, 2.05) is 0 Å². The summed E-state index contributed by atoms with van der Waals surface area (Å²) >= 11 is 11.8. The van der Waals surface area contributed by atoms with Crippen LogP contribution in [0.25, 0.3) is 0 Å². The molecule has 1 heterocycles. The largest absolute Gasteiger partial charge is 0.264 e. The average Bonchev–Trinajstić information content (AvgIpc) is 2.02. The Hall–Kier alpha value is 0.260. The number of alkyl halides is 3. The van der Waals surface area contributed by atoms with Gasteiger partial charge in [-0.2, -0.15) is 0 Å². The summed E-state index contributed by atoms with van der Waals surface area (Å²) in [6, 6.07) is 1.27. The molecule has 0 spiro atoms. The summed E-state index contributed by atoms with van der Waals surface area (Å²) in [5, 5.41) is 0.368. The molecular weight excluding hydrogens is 331 g/mol. The monoisotopic (exact) mass is 333 g/mol. The first-order valence-corrected chi connectivity index (χ1v) is 5.54. The van der Waals surface area contributed by atoms with E-state index in [1.54, 1.807) is 0 Å². The van der Waals surface area contributed by atoms with E-state index in [0.717, 1.165) is 0 Å².